The lowest BCUT2D eigenvalue weighted by Crippen LogP contribution is -2.28. The number of carbonyl (C=O) groups excluding carboxylic acids is 1. The number of hydrogen-bond acceptors (Lipinski definition) is 2. The molecule has 1 aromatic rings. The monoisotopic (exact) mass is 260 g/mol. The molecular formula is C16H24N2O. The van der Waals surface area contributed by atoms with Gasteiger partial charge < -0.3 is 10.6 Å². The zero-order chi connectivity index (χ0) is 13.7. The molecule has 0 radical (unpaired) electrons. The fraction of sp³-hybridized carbons (Fsp3) is 0.562. The third-order valence-corrected chi connectivity index (χ3v) is 3.45. The largest absolute Gasteiger partial charge is 0.326 e. The maximum Gasteiger partial charge on any atom is 0.227 e. The lowest BCUT2D eigenvalue weighted by molar-refractivity contribution is -0.117. The first-order valence-electron chi connectivity index (χ1n) is 7.32. The minimum absolute atomic E-state index is 0.172. The third kappa shape index (κ3) is 4.67. The summed E-state index contributed by atoms with van der Waals surface area (Å²) in [5.41, 5.74) is 2.22. The van der Waals surface area contributed by atoms with Crippen LogP contribution in [0.1, 0.15) is 38.7 Å². The lowest BCUT2D eigenvalue weighted by atomic mass is 10.1. The average Bonchev–Trinajstić information content (AvgIpc) is 3.23. The SMILES string of the molecule is CCCNC(C)Cc1ccc(NC(=O)C2CC2)cc1. The molecule has 2 N–H and O–H groups in total. The molecule has 104 valence electrons. The molecule has 0 heterocycles. The first kappa shape index (κ1) is 14.1. The summed E-state index contributed by atoms with van der Waals surface area (Å²) in [5, 5.41) is 6.45. The Morgan fingerprint density at radius 3 is 2.58 bits per heavy atom. The summed E-state index contributed by atoms with van der Waals surface area (Å²) in [4.78, 5) is 11.6. The second kappa shape index (κ2) is 6.71. The minimum Gasteiger partial charge on any atom is -0.326 e. The molecule has 0 spiro atoms. The first-order chi connectivity index (χ1) is 9.19. The highest BCUT2D eigenvalue weighted by molar-refractivity contribution is 5.93. The van der Waals surface area contributed by atoms with Crippen molar-refractivity contribution in [3.05, 3.63) is 29.8 Å². The van der Waals surface area contributed by atoms with Crippen LogP contribution in [0, 0.1) is 5.92 Å². The van der Waals surface area contributed by atoms with Crippen molar-refractivity contribution in [3.8, 4) is 0 Å². The Hall–Kier alpha value is -1.35. The van der Waals surface area contributed by atoms with E-state index in [1.54, 1.807) is 0 Å². The van der Waals surface area contributed by atoms with E-state index in [1.165, 1.54) is 5.56 Å². The van der Waals surface area contributed by atoms with Gasteiger partial charge in [-0.25, -0.2) is 0 Å². The van der Waals surface area contributed by atoms with Gasteiger partial charge in [0.1, 0.15) is 0 Å². The number of amides is 1. The number of rotatable bonds is 7. The summed E-state index contributed by atoms with van der Waals surface area (Å²) in [6, 6.07) is 8.70. The van der Waals surface area contributed by atoms with Gasteiger partial charge in [-0.3, -0.25) is 4.79 Å². The molecule has 1 unspecified atom stereocenters. The van der Waals surface area contributed by atoms with Gasteiger partial charge in [0.15, 0.2) is 0 Å². The number of hydrogen-bond donors (Lipinski definition) is 2. The summed E-state index contributed by atoms with van der Waals surface area (Å²) in [7, 11) is 0. The standard InChI is InChI=1S/C16H24N2O/c1-3-10-17-12(2)11-13-4-8-15(9-5-13)18-16(19)14-6-7-14/h4-5,8-9,12,14,17H,3,6-7,10-11H2,1-2H3,(H,18,19). The molecule has 0 aromatic heterocycles. The molecule has 19 heavy (non-hydrogen) atoms. The molecule has 0 saturated heterocycles. The minimum atomic E-state index is 0.172. The fourth-order valence-corrected chi connectivity index (χ4v) is 2.13. The van der Waals surface area contributed by atoms with Gasteiger partial charge in [0, 0.05) is 17.6 Å². The molecule has 3 heteroatoms. The molecule has 1 aromatic carbocycles. The van der Waals surface area contributed by atoms with Gasteiger partial charge >= 0.3 is 0 Å². The quantitative estimate of drug-likeness (QED) is 0.791. The third-order valence-electron chi connectivity index (χ3n) is 3.45. The molecule has 1 amide bonds. The van der Waals surface area contributed by atoms with Crippen LogP contribution in [0.4, 0.5) is 5.69 Å². The van der Waals surface area contributed by atoms with Gasteiger partial charge in [-0.2, -0.15) is 0 Å². The van der Waals surface area contributed by atoms with Crippen molar-refractivity contribution in [1.82, 2.24) is 5.32 Å². The van der Waals surface area contributed by atoms with Gasteiger partial charge in [-0.1, -0.05) is 19.1 Å². The molecule has 1 atom stereocenters. The molecule has 0 bridgehead atoms. The van der Waals surface area contributed by atoms with Gasteiger partial charge in [-0.05, 0) is 56.8 Å². The van der Waals surface area contributed by atoms with Crippen molar-refractivity contribution in [2.45, 2.75) is 45.6 Å². The fourth-order valence-electron chi connectivity index (χ4n) is 2.13. The first-order valence-corrected chi connectivity index (χ1v) is 7.32. The Morgan fingerprint density at radius 1 is 1.32 bits per heavy atom. The summed E-state index contributed by atoms with van der Waals surface area (Å²) in [6.07, 6.45) is 4.28. The molecule has 1 fully saturated rings. The lowest BCUT2D eigenvalue weighted by Gasteiger charge is -2.13. The smallest absolute Gasteiger partial charge is 0.227 e. The van der Waals surface area contributed by atoms with Gasteiger partial charge in [0.25, 0.3) is 0 Å². The Balaban J connectivity index is 1.81. The maximum atomic E-state index is 11.6. The van der Waals surface area contributed by atoms with Crippen molar-refractivity contribution in [3.63, 3.8) is 0 Å². The Morgan fingerprint density at radius 2 is 2.00 bits per heavy atom. The number of carbonyl (C=O) groups is 1. The van der Waals surface area contributed by atoms with Crippen molar-refractivity contribution >= 4 is 11.6 Å². The average molecular weight is 260 g/mol. The van der Waals surface area contributed by atoms with E-state index in [1.807, 2.05) is 12.1 Å². The van der Waals surface area contributed by atoms with Crippen molar-refractivity contribution < 1.29 is 4.79 Å². The number of nitrogens with one attached hydrogen (secondary N) is 2. The Kier molecular flexibility index (Phi) is 4.97. The molecular weight excluding hydrogens is 236 g/mol. The van der Waals surface area contributed by atoms with Crippen LogP contribution in [0.3, 0.4) is 0 Å². The highest BCUT2D eigenvalue weighted by atomic mass is 16.2. The predicted octanol–water partition coefficient (Wildman–Crippen LogP) is 2.97. The molecule has 1 aliphatic carbocycles. The van der Waals surface area contributed by atoms with E-state index in [-0.39, 0.29) is 11.8 Å². The van der Waals surface area contributed by atoms with Crippen LogP contribution < -0.4 is 10.6 Å². The van der Waals surface area contributed by atoms with E-state index in [0.717, 1.165) is 37.9 Å². The van der Waals surface area contributed by atoms with Crippen LogP contribution in [-0.2, 0) is 11.2 Å². The Bertz CT molecular complexity index is 409. The van der Waals surface area contributed by atoms with Crippen LogP contribution in [-0.4, -0.2) is 18.5 Å². The summed E-state index contributed by atoms with van der Waals surface area (Å²) in [5.74, 6) is 0.434. The van der Waals surface area contributed by atoms with Crippen molar-refractivity contribution in [2.75, 3.05) is 11.9 Å². The normalized spacial score (nSPS) is 16.1. The Labute approximate surface area is 115 Å². The second-order valence-corrected chi connectivity index (χ2v) is 5.52. The van der Waals surface area contributed by atoms with Crippen LogP contribution in [0.25, 0.3) is 0 Å². The van der Waals surface area contributed by atoms with Gasteiger partial charge in [0.05, 0.1) is 0 Å². The predicted molar refractivity (Wildman–Crippen MR) is 79.3 cm³/mol. The van der Waals surface area contributed by atoms with Crippen LogP contribution >= 0.6 is 0 Å². The highest BCUT2D eigenvalue weighted by Crippen LogP contribution is 2.30. The van der Waals surface area contributed by atoms with Crippen LogP contribution in [0.5, 0.6) is 0 Å². The summed E-state index contributed by atoms with van der Waals surface area (Å²) < 4.78 is 0. The summed E-state index contributed by atoms with van der Waals surface area (Å²) in [6.45, 7) is 5.45. The zero-order valence-corrected chi connectivity index (χ0v) is 11.9. The van der Waals surface area contributed by atoms with Crippen molar-refractivity contribution in [2.24, 2.45) is 5.92 Å². The summed E-state index contributed by atoms with van der Waals surface area (Å²) >= 11 is 0. The van der Waals surface area contributed by atoms with Crippen LogP contribution in [0.15, 0.2) is 24.3 Å². The number of anilines is 1. The molecule has 2 rings (SSSR count). The van der Waals surface area contributed by atoms with E-state index < -0.39 is 0 Å². The van der Waals surface area contributed by atoms with Gasteiger partial charge in [-0.15, -0.1) is 0 Å². The van der Waals surface area contributed by atoms with E-state index in [0.29, 0.717) is 6.04 Å². The zero-order valence-electron chi connectivity index (χ0n) is 11.9. The van der Waals surface area contributed by atoms with E-state index in [2.05, 4.69) is 36.6 Å². The topological polar surface area (TPSA) is 41.1 Å². The highest BCUT2D eigenvalue weighted by Gasteiger charge is 2.29. The van der Waals surface area contributed by atoms with E-state index >= 15 is 0 Å². The van der Waals surface area contributed by atoms with Crippen molar-refractivity contribution in [1.29, 1.82) is 0 Å². The van der Waals surface area contributed by atoms with Crippen LogP contribution in [0.2, 0.25) is 0 Å². The maximum absolute atomic E-state index is 11.6. The number of benzene rings is 1. The van der Waals surface area contributed by atoms with E-state index in [9.17, 15) is 4.79 Å². The molecule has 3 nitrogen and oxygen atoms in total. The molecule has 1 saturated carbocycles. The van der Waals surface area contributed by atoms with E-state index in [4.69, 9.17) is 0 Å². The molecule has 1 aliphatic rings. The van der Waals surface area contributed by atoms with Gasteiger partial charge in [0.2, 0.25) is 5.91 Å². The second-order valence-electron chi connectivity index (χ2n) is 5.52. The molecule has 0 aliphatic heterocycles.